The van der Waals surface area contributed by atoms with E-state index in [-0.39, 0.29) is 53.5 Å². The summed E-state index contributed by atoms with van der Waals surface area (Å²) in [4.78, 5) is 12.2. The van der Waals surface area contributed by atoms with Gasteiger partial charge in [0.05, 0.1) is 22.0 Å². The van der Waals surface area contributed by atoms with Gasteiger partial charge in [0.25, 0.3) is 0 Å². The molecule has 0 aliphatic heterocycles. The Morgan fingerprint density at radius 2 is 1.94 bits per heavy atom. The fourth-order valence-corrected chi connectivity index (χ4v) is 8.93. The van der Waals surface area contributed by atoms with E-state index in [0.29, 0.717) is 23.7 Å². The Hall–Kier alpha value is 0.0800. The van der Waals surface area contributed by atoms with Crippen LogP contribution in [0, 0.1) is 40.4 Å². The third kappa shape index (κ3) is 5.65. The quantitative estimate of drug-likeness (QED) is 0.306. The molecule has 8 heteroatoms. The summed E-state index contributed by atoms with van der Waals surface area (Å²) in [7, 11) is -4.29. The molecular weight excluding hydrogens is 461 g/mol. The minimum Gasteiger partial charge on any atom is -0.748 e. The van der Waals surface area contributed by atoms with E-state index in [1.807, 2.05) is 0 Å². The van der Waals surface area contributed by atoms with Crippen molar-refractivity contribution in [3.63, 3.8) is 0 Å². The summed E-state index contributed by atoms with van der Waals surface area (Å²) in [6, 6.07) is 0. The Bertz CT molecular complexity index is 892. The van der Waals surface area contributed by atoms with Crippen LogP contribution in [-0.2, 0) is 14.9 Å². The third-order valence-corrected chi connectivity index (χ3v) is 11.0. The van der Waals surface area contributed by atoms with Gasteiger partial charge in [-0.05, 0) is 98.2 Å². The maximum atomic E-state index is 12.2. The maximum Gasteiger partial charge on any atom is 1.00 e. The minimum absolute atomic E-state index is 0. The van der Waals surface area contributed by atoms with E-state index in [0.717, 1.165) is 49.9 Å². The van der Waals surface area contributed by atoms with Gasteiger partial charge in [-0.1, -0.05) is 32.4 Å². The van der Waals surface area contributed by atoms with Crippen LogP contribution in [-0.4, -0.2) is 42.4 Å². The Morgan fingerprint density at radius 1 is 1.21 bits per heavy atom. The summed E-state index contributed by atoms with van der Waals surface area (Å²) < 4.78 is 32.1. The van der Waals surface area contributed by atoms with E-state index >= 15 is 0 Å². The van der Waals surface area contributed by atoms with Gasteiger partial charge in [0.1, 0.15) is 0 Å². The molecule has 3 unspecified atom stereocenters. The number of allylic oxidation sites excluding steroid dienone is 1. The molecule has 0 bridgehead atoms. The molecule has 0 spiro atoms. The van der Waals surface area contributed by atoms with E-state index in [1.165, 1.54) is 31.3 Å². The number of hydrogen-bond acceptors (Lipinski definition) is 5. The van der Waals surface area contributed by atoms with Crippen molar-refractivity contribution in [3.8, 4) is 0 Å². The Kier molecular flexibility index (Phi) is 9.12. The van der Waals surface area contributed by atoms with Gasteiger partial charge in [0.15, 0.2) is 0 Å². The van der Waals surface area contributed by atoms with E-state index < -0.39 is 15.9 Å². The van der Waals surface area contributed by atoms with Crippen molar-refractivity contribution in [3.05, 3.63) is 11.6 Å². The van der Waals surface area contributed by atoms with Gasteiger partial charge < -0.3 is 15.0 Å². The monoisotopic (exact) mass is 503 g/mol. The average molecular weight is 504 g/mol. The van der Waals surface area contributed by atoms with E-state index in [9.17, 15) is 22.9 Å². The van der Waals surface area contributed by atoms with Crippen LogP contribution in [0.1, 0.15) is 85.0 Å². The zero-order chi connectivity index (χ0) is 24.0. The molecule has 4 rings (SSSR count). The van der Waals surface area contributed by atoms with Gasteiger partial charge in [-0.25, -0.2) is 8.42 Å². The normalized spacial score (nSPS) is 40.1. The van der Waals surface area contributed by atoms with Crippen LogP contribution in [0.25, 0.3) is 0 Å². The first kappa shape index (κ1) is 28.6. The van der Waals surface area contributed by atoms with Crippen molar-refractivity contribution in [2.24, 2.45) is 40.4 Å². The largest absolute Gasteiger partial charge is 1.00 e. The number of amides is 1. The van der Waals surface area contributed by atoms with Gasteiger partial charge in [0.2, 0.25) is 5.91 Å². The van der Waals surface area contributed by atoms with Crippen LogP contribution >= 0.6 is 0 Å². The van der Waals surface area contributed by atoms with Gasteiger partial charge >= 0.3 is 29.6 Å². The standard InChI is InChI=1S/C26H43NO5S.Na/c1-17(4-9-24(29)27-14-15-33(30,31)32)21-7-8-22-20-6-5-18-16-19(28)10-12-25(18,2)23(20)11-13-26(21,22)3;/h5,17,19-23,28H,4,6-16H2,1-3H3,(H,27,29)(H,30,31,32);/q;+1/p-1/t17-,19+,20?,21-,22?,23?,25+,26-;/m1./s1. The van der Waals surface area contributed by atoms with Gasteiger partial charge in [-0.3, -0.25) is 4.79 Å². The molecule has 2 N–H and O–H groups in total. The molecule has 0 aromatic carbocycles. The van der Waals surface area contributed by atoms with Crippen LogP contribution in [0.3, 0.4) is 0 Å². The third-order valence-electron chi connectivity index (χ3n) is 10.3. The summed E-state index contributed by atoms with van der Waals surface area (Å²) in [5, 5.41) is 12.8. The number of carbonyl (C=O) groups excluding carboxylic acids is 1. The summed E-state index contributed by atoms with van der Waals surface area (Å²) in [5.74, 6) is 2.56. The van der Waals surface area contributed by atoms with E-state index in [1.54, 1.807) is 0 Å². The molecule has 3 fully saturated rings. The zero-order valence-corrected chi connectivity index (χ0v) is 24.3. The molecule has 34 heavy (non-hydrogen) atoms. The summed E-state index contributed by atoms with van der Waals surface area (Å²) >= 11 is 0. The molecule has 3 saturated carbocycles. The molecule has 4 aliphatic carbocycles. The molecule has 0 heterocycles. The number of rotatable bonds is 7. The average Bonchev–Trinajstić information content (AvgIpc) is 3.09. The topological polar surface area (TPSA) is 107 Å². The second-order valence-electron chi connectivity index (χ2n) is 12.0. The van der Waals surface area contributed by atoms with Crippen molar-refractivity contribution < 1.29 is 52.4 Å². The molecule has 4 aliphatic rings. The summed E-state index contributed by atoms with van der Waals surface area (Å²) in [6.07, 6.45) is 12.6. The fraction of sp³-hybridized carbons (Fsp3) is 0.885. The van der Waals surface area contributed by atoms with Crippen LogP contribution in [0.15, 0.2) is 11.6 Å². The van der Waals surface area contributed by atoms with Crippen LogP contribution < -0.4 is 34.9 Å². The fourth-order valence-electron chi connectivity index (χ4n) is 8.58. The zero-order valence-electron chi connectivity index (χ0n) is 21.5. The molecule has 1 amide bonds. The molecule has 188 valence electrons. The van der Waals surface area contributed by atoms with E-state index in [4.69, 9.17) is 0 Å². The van der Waals surface area contributed by atoms with Crippen LogP contribution in [0.2, 0.25) is 0 Å². The van der Waals surface area contributed by atoms with Crippen molar-refractivity contribution >= 4 is 16.0 Å². The molecule has 8 atom stereocenters. The van der Waals surface area contributed by atoms with Gasteiger partial charge in [-0.15, -0.1) is 0 Å². The van der Waals surface area contributed by atoms with Crippen molar-refractivity contribution in [2.45, 2.75) is 91.1 Å². The number of fused-ring (bicyclic) bond motifs is 5. The molecular formula is C26H42NNaO5S. The van der Waals surface area contributed by atoms with Crippen molar-refractivity contribution in [2.75, 3.05) is 12.3 Å². The van der Waals surface area contributed by atoms with E-state index in [2.05, 4.69) is 32.2 Å². The molecule has 6 nitrogen and oxygen atoms in total. The number of nitrogens with one attached hydrogen (secondary N) is 1. The first-order valence-electron chi connectivity index (χ1n) is 13.0. The molecule has 0 radical (unpaired) electrons. The second kappa shape index (κ2) is 10.8. The first-order chi connectivity index (χ1) is 15.4. The molecule has 0 aromatic heterocycles. The predicted molar refractivity (Wildman–Crippen MR) is 127 cm³/mol. The van der Waals surface area contributed by atoms with Crippen molar-refractivity contribution in [1.82, 2.24) is 5.32 Å². The maximum absolute atomic E-state index is 12.2. The number of aliphatic hydroxyl groups excluding tert-OH is 1. The molecule has 0 aromatic rings. The Labute approximate surface area is 228 Å². The van der Waals surface area contributed by atoms with Gasteiger partial charge in [-0.2, -0.15) is 0 Å². The number of aliphatic hydroxyl groups is 1. The number of hydrogen-bond donors (Lipinski definition) is 2. The second-order valence-corrected chi connectivity index (χ2v) is 13.5. The smallest absolute Gasteiger partial charge is 0.748 e. The number of carbonyl (C=O) groups is 1. The predicted octanol–water partition coefficient (Wildman–Crippen LogP) is 1.01. The van der Waals surface area contributed by atoms with Gasteiger partial charge in [0, 0.05) is 13.0 Å². The minimum atomic E-state index is -4.29. The van der Waals surface area contributed by atoms with Crippen molar-refractivity contribution in [1.29, 1.82) is 0 Å². The first-order valence-corrected chi connectivity index (χ1v) is 14.6. The Morgan fingerprint density at radius 3 is 2.65 bits per heavy atom. The summed E-state index contributed by atoms with van der Waals surface area (Å²) in [5.41, 5.74) is 2.11. The summed E-state index contributed by atoms with van der Waals surface area (Å²) in [6.45, 7) is 7.16. The SMILES string of the molecule is C[C@H](CCC(=O)NCCS(=O)(=O)[O-])[C@H]1CCC2C3CC=C4C[C@@H](O)CC[C@]4(C)C3CC[C@@]21C.[Na+]. The van der Waals surface area contributed by atoms with Crippen LogP contribution in [0.4, 0.5) is 0 Å². The van der Waals surface area contributed by atoms with Crippen LogP contribution in [0.5, 0.6) is 0 Å². The Balaban J connectivity index is 0.00000324. The molecule has 0 saturated heterocycles.